The number of nitrogens with zero attached hydrogens (tertiary/aromatic N) is 8. The lowest BCUT2D eigenvalue weighted by atomic mass is 9.77. The van der Waals surface area contributed by atoms with Crippen molar-refractivity contribution < 1.29 is 79.2 Å². The van der Waals surface area contributed by atoms with Crippen LogP contribution in [0.4, 0.5) is 0 Å². The molecule has 8 unspecified atom stereocenters. The summed E-state index contributed by atoms with van der Waals surface area (Å²) in [6.07, 6.45) is -2.19. The standard InChI is InChI=1S/C17H25N3O4.3C15H22N2O4/c1-8(18)4-11-5-19(6-11)7-12-9(2)14-13(10(3)21)16(22)20(14)15(12)17(23)24;3*1-7-4-16(5-7)6-10-8(2)12-11(9(3)18)14(19)17(12)13(10)15(20)21/h9-11,13-14,21H,1,4-7,18H2,2-3H3,(H,23,24);3*7-9,11-12,18H,4-6H2,1-3H3,(H,20,21)/t9-,10+,13?,14?;3*8-,9+,11?,12?/m0000/s1. The smallest absolute Gasteiger partial charge is 0.352 e. The third-order valence-electron chi connectivity index (χ3n) is 20.7. The van der Waals surface area contributed by atoms with Crippen LogP contribution in [0.5, 0.6) is 0 Å². The van der Waals surface area contributed by atoms with E-state index < -0.39 is 72.0 Å². The van der Waals surface area contributed by atoms with E-state index in [0.29, 0.717) is 55.5 Å². The van der Waals surface area contributed by atoms with Crippen molar-refractivity contribution in [1.29, 1.82) is 0 Å². The maximum Gasteiger partial charge on any atom is 0.352 e. The quantitative estimate of drug-likeness (QED) is 0.0838. The molecule has 87 heavy (non-hydrogen) atoms. The summed E-state index contributed by atoms with van der Waals surface area (Å²) in [5.41, 5.74) is 10.1. The van der Waals surface area contributed by atoms with Crippen LogP contribution >= 0.6 is 0 Å². The Morgan fingerprint density at radius 3 is 0.770 bits per heavy atom. The zero-order chi connectivity index (χ0) is 64.2. The van der Waals surface area contributed by atoms with Crippen LogP contribution < -0.4 is 5.73 Å². The number of carboxylic acid groups (broad SMARTS) is 4. The number of rotatable bonds is 18. The zero-order valence-corrected chi connectivity index (χ0v) is 51.9. The molecular formula is C62H91N9O16. The van der Waals surface area contributed by atoms with E-state index in [2.05, 4.69) is 46.9 Å². The first-order valence-electron chi connectivity index (χ1n) is 30.9. The van der Waals surface area contributed by atoms with Gasteiger partial charge in [0.15, 0.2) is 0 Å². The zero-order valence-electron chi connectivity index (χ0n) is 51.9. The fourth-order valence-electron chi connectivity index (χ4n) is 16.6. The number of carbonyl (C=O) groups is 8. The van der Waals surface area contributed by atoms with Crippen molar-refractivity contribution in [3.63, 3.8) is 0 Å². The van der Waals surface area contributed by atoms with E-state index in [4.69, 9.17) is 5.73 Å². The number of hydrogen-bond donors (Lipinski definition) is 9. The molecule has 0 radical (unpaired) electrons. The maximum absolute atomic E-state index is 12.3. The van der Waals surface area contributed by atoms with Crippen LogP contribution in [-0.2, 0) is 38.4 Å². The number of aliphatic hydroxyl groups excluding tert-OH is 4. The van der Waals surface area contributed by atoms with Crippen molar-refractivity contribution in [1.82, 2.24) is 39.2 Å². The van der Waals surface area contributed by atoms with Crippen LogP contribution in [-0.4, -0.2) is 255 Å². The van der Waals surface area contributed by atoms with E-state index >= 15 is 0 Å². The molecule has 0 aromatic carbocycles. The van der Waals surface area contributed by atoms with Crippen LogP contribution in [0, 0.1) is 71.0 Å². The highest BCUT2D eigenvalue weighted by atomic mass is 16.4. The second kappa shape index (κ2) is 24.7. The monoisotopic (exact) mass is 1220 g/mol. The summed E-state index contributed by atoms with van der Waals surface area (Å²) in [7, 11) is 0. The molecule has 12 rings (SSSR count). The number of amides is 4. The van der Waals surface area contributed by atoms with Crippen molar-refractivity contribution in [3.05, 3.63) is 57.4 Å². The van der Waals surface area contributed by atoms with Gasteiger partial charge >= 0.3 is 23.9 Å². The highest BCUT2D eigenvalue weighted by Crippen LogP contribution is 2.51. The molecule has 0 spiro atoms. The van der Waals surface area contributed by atoms with Gasteiger partial charge in [-0.25, -0.2) is 19.2 Å². The van der Waals surface area contributed by atoms with E-state index in [-0.39, 0.29) is 94.3 Å². The lowest BCUT2D eigenvalue weighted by Crippen LogP contribution is -2.63. The molecule has 12 heterocycles. The van der Waals surface area contributed by atoms with E-state index in [0.717, 1.165) is 81.1 Å². The fraction of sp³-hybridized carbons (Fsp3) is 0.710. The number of carbonyl (C=O) groups excluding carboxylic acids is 4. The molecule has 480 valence electrons. The summed E-state index contributed by atoms with van der Waals surface area (Å²) in [6.45, 7) is 34.4. The summed E-state index contributed by atoms with van der Waals surface area (Å²) >= 11 is 0. The van der Waals surface area contributed by atoms with Gasteiger partial charge in [0.2, 0.25) is 23.6 Å². The van der Waals surface area contributed by atoms with E-state index in [9.17, 15) is 79.2 Å². The predicted molar refractivity (Wildman–Crippen MR) is 313 cm³/mol. The Kier molecular flexibility index (Phi) is 18.6. The topological polar surface area (TPSA) is 350 Å². The van der Waals surface area contributed by atoms with Crippen molar-refractivity contribution in [3.8, 4) is 0 Å². The third kappa shape index (κ3) is 11.4. The average Bonchev–Trinajstić information content (AvgIpc) is 1.60. The minimum Gasteiger partial charge on any atom is -0.477 e. The average molecular weight is 1220 g/mol. The molecule has 0 saturated carbocycles. The van der Waals surface area contributed by atoms with Gasteiger partial charge in [-0.05, 0) is 80.1 Å². The van der Waals surface area contributed by atoms with E-state index in [1.165, 1.54) is 19.6 Å². The van der Waals surface area contributed by atoms with Crippen molar-refractivity contribution >= 4 is 47.5 Å². The summed E-state index contributed by atoms with van der Waals surface area (Å²) < 4.78 is 0. The molecular weight excluding hydrogens is 1130 g/mol. The van der Waals surface area contributed by atoms with Crippen LogP contribution in [0.25, 0.3) is 0 Å². The lowest BCUT2D eigenvalue weighted by Gasteiger charge is -2.46. The predicted octanol–water partition coefficient (Wildman–Crippen LogP) is 0.380. The number of likely N-dealkylation sites (tertiary alicyclic amines) is 4. The van der Waals surface area contributed by atoms with Gasteiger partial charge in [-0.1, -0.05) is 55.0 Å². The van der Waals surface area contributed by atoms with Gasteiger partial charge in [-0.2, -0.15) is 0 Å². The molecule has 0 aliphatic carbocycles. The second-order valence-electron chi connectivity index (χ2n) is 27.6. The molecule has 10 N–H and O–H groups in total. The number of nitrogens with two attached hydrogens (primary N) is 1. The molecule has 8 saturated heterocycles. The fourth-order valence-corrected chi connectivity index (χ4v) is 16.6. The molecule has 0 aromatic heterocycles. The molecule has 0 aromatic rings. The Morgan fingerprint density at radius 1 is 0.414 bits per heavy atom. The summed E-state index contributed by atoms with van der Waals surface area (Å²) in [5, 5.41) is 77.2. The van der Waals surface area contributed by atoms with Crippen LogP contribution in [0.3, 0.4) is 0 Å². The molecule has 16 atom stereocenters. The Bertz CT molecular complexity index is 2740. The number of aliphatic hydroxyl groups is 4. The molecule has 25 nitrogen and oxygen atoms in total. The molecule has 12 aliphatic rings. The first kappa shape index (κ1) is 65.4. The minimum atomic E-state index is -1.07. The van der Waals surface area contributed by atoms with Crippen molar-refractivity contribution in [2.75, 3.05) is 78.5 Å². The number of carboxylic acids is 4. The minimum absolute atomic E-state index is 0.00990. The Balaban J connectivity index is 0.000000139. The molecule has 25 heteroatoms. The summed E-state index contributed by atoms with van der Waals surface area (Å²) in [6, 6.07) is -0.827. The molecule has 4 amide bonds. The Morgan fingerprint density at radius 2 is 0.609 bits per heavy atom. The normalized spacial score (nSPS) is 33.7. The maximum atomic E-state index is 12.3. The van der Waals surface area contributed by atoms with Gasteiger partial charge in [-0.3, -0.25) is 38.8 Å². The van der Waals surface area contributed by atoms with Gasteiger partial charge in [0.1, 0.15) is 22.8 Å². The summed E-state index contributed by atoms with van der Waals surface area (Å²) in [5.74, 6) is -4.81. The van der Waals surface area contributed by atoms with Crippen LogP contribution in [0.15, 0.2) is 57.4 Å². The number of aliphatic carboxylic acids is 4. The highest BCUT2D eigenvalue weighted by molar-refractivity contribution is 6.02. The van der Waals surface area contributed by atoms with Crippen molar-refractivity contribution in [2.24, 2.45) is 76.7 Å². The first-order chi connectivity index (χ1) is 40.7. The number of fused-ring (bicyclic) bond motifs is 4. The number of hydrogen-bond acceptors (Lipinski definition) is 17. The number of β-lactam (4-membered cyclic amide) rings is 4. The Hall–Kier alpha value is -6.06. The molecule has 0 bridgehead atoms. The van der Waals surface area contributed by atoms with Gasteiger partial charge in [0.05, 0.1) is 72.3 Å². The van der Waals surface area contributed by atoms with Gasteiger partial charge < -0.3 is 66.2 Å². The Labute approximate surface area is 508 Å². The molecule has 8 fully saturated rings. The van der Waals surface area contributed by atoms with Gasteiger partial charge in [0.25, 0.3) is 0 Å². The molecule has 12 aliphatic heterocycles. The van der Waals surface area contributed by atoms with Crippen LogP contribution in [0.1, 0.15) is 82.6 Å². The second-order valence-corrected chi connectivity index (χ2v) is 27.6. The lowest BCUT2D eigenvalue weighted by molar-refractivity contribution is -0.163. The van der Waals surface area contributed by atoms with Gasteiger partial charge in [0, 0.05) is 108 Å². The van der Waals surface area contributed by atoms with E-state index in [1.807, 2.05) is 27.7 Å². The highest BCUT2D eigenvalue weighted by Gasteiger charge is 2.64. The number of allylic oxidation sites excluding steroid dienone is 1. The van der Waals surface area contributed by atoms with Gasteiger partial charge in [-0.15, -0.1) is 0 Å². The van der Waals surface area contributed by atoms with Crippen molar-refractivity contribution in [2.45, 2.75) is 131 Å². The van der Waals surface area contributed by atoms with Crippen LogP contribution in [0.2, 0.25) is 0 Å². The van der Waals surface area contributed by atoms with E-state index in [1.54, 1.807) is 27.7 Å². The third-order valence-corrected chi connectivity index (χ3v) is 20.7. The largest absolute Gasteiger partial charge is 0.477 e. The summed E-state index contributed by atoms with van der Waals surface area (Å²) in [4.78, 5) is 110. The first-order valence-corrected chi connectivity index (χ1v) is 30.9. The SMILES string of the molecule is C=C(N)CC1CN(CC2=C(C(=O)O)N3C(=O)C([C@@H](C)O)C3[C@H]2C)C1.CC1CN(CC2=C(C(=O)O)N3C(=O)C([C@@H](C)O)C3[C@H]2C)C1.CC1CN(CC2=C(C(=O)O)N3C(=O)C([C@@H](C)O)C3[C@H]2C)C1.CC1CN(CC2=C(C(=O)O)N3C(=O)C([C@@H](C)O)C3[C@H]2C)C1.